The summed E-state index contributed by atoms with van der Waals surface area (Å²) in [4.78, 5) is 12.1. The summed E-state index contributed by atoms with van der Waals surface area (Å²) in [6.45, 7) is 4.46. The molecule has 4 aromatic rings. The number of rotatable bonds is 7. The van der Waals surface area contributed by atoms with Crippen LogP contribution in [0, 0.1) is 18.3 Å². The van der Waals surface area contributed by atoms with Gasteiger partial charge in [0.05, 0.1) is 34.8 Å². The molecule has 2 aromatic heterocycles. The SMILES string of the molecule is CCCNC(=O)Nc1cn2ncc(C#N)c(Nc3ccc(Oc4ccccc4)cc3)c2c1C. The van der Waals surface area contributed by atoms with Crippen LogP contribution in [0.3, 0.4) is 0 Å². The van der Waals surface area contributed by atoms with Crippen molar-refractivity contribution < 1.29 is 9.53 Å². The molecule has 0 spiro atoms. The van der Waals surface area contributed by atoms with Gasteiger partial charge in [0.1, 0.15) is 17.6 Å². The maximum absolute atomic E-state index is 12.1. The first-order valence-corrected chi connectivity index (χ1v) is 10.6. The highest BCUT2D eigenvalue weighted by molar-refractivity contribution is 5.94. The average Bonchev–Trinajstić information content (AvgIpc) is 3.15. The Morgan fingerprint density at radius 1 is 1.12 bits per heavy atom. The number of carbonyl (C=O) groups is 1. The average molecular weight is 441 g/mol. The lowest BCUT2D eigenvalue weighted by Crippen LogP contribution is -2.29. The van der Waals surface area contributed by atoms with Crippen LogP contribution in [0.5, 0.6) is 11.5 Å². The molecular weight excluding hydrogens is 416 g/mol. The highest BCUT2D eigenvalue weighted by Gasteiger charge is 2.17. The molecule has 33 heavy (non-hydrogen) atoms. The van der Waals surface area contributed by atoms with E-state index in [0.717, 1.165) is 23.4 Å². The predicted molar refractivity (Wildman–Crippen MR) is 128 cm³/mol. The molecule has 0 saturated carbocycles. The Hall–Kier alpha value is -4.51. The van der Waals surface area contributed by atoms with E-state index in [2.05, 4.69) is 27.1 Å². The van der Waals surface area contributed by atoms with Gasteiger partial charge in [-0.1, -0.05) is 25.1 Å². The summed E-state index contributed by atoms with van der Waals surface area (Å²) in [5.41, 5.74) is 3.94. The summed E-state index contributed by atoms with van der Waals surface area (Å²) in [6, 6.07) is 18.9. The van der Waals surface area contributed by atoms with E-state index < -0.39 is 0 Å². The second-order valence-corrected chi connectivity index (χ2v) is 7.45. The molecule has 0 aliphatic heterocycles. The zero-order chi connectivity index (χ0) is 23.2. The van der Waals surface area contributed by atoms with Crippen LogP contribution >= 0.6 is 0 Å². The number of hydrogen-bond donors (Lipinski definition) is 3. The molecule has 2 heterocycles. The number of hydrogen-bond acceptors (Lipinski definition) is 5. The molecule has 166 valence electrons. The monoisotopic (exact) mass is 440 g/mol. The minimum absolute atomic E-state index is 0.278. The third kappa shape index (κ3) is 4.88. The summed E-state index contributed by atoms with van der Waals surface area (Å²) in [5.74, 6) is 1.46. The zero-order valence-electron chi connectivity index (χ0n) is 18.4. The molecular formula is C25H24N6O2. The lowest BCUT2D eigenvalue weighted by molar-refractivity contribution is 0.252. The molecule has 4 rings (SSSR count). The number of fused-ring (bicyclic) bond motifs is 1. The maximum Gasteiger partial charge on any atom is 0.319 e. The molecule has 8 nitrogen and oxygen atoms in total. The van der Waals surface area contributed by atoms with Gasteiger partial charge in [0.25, 0.3) is 0 Å². The van der Waals surface area contributed by atoms with Crippen molar-refractivity contribution in [2.45, 2.75) is 20.3 Å². The normalized spacial score (nSPS) is 10.5. The summed E-state index contributed by atoms with van der Waals surface area (Å²) in [5, 5.41) is 23.0. The van der Waals surface area contributed by atoms with Crippen molar-refractivity contribution in [1.82, 2.24) is 14.9 Å². The van der Waals surface area contributed by atoms with E-state index in [1.54, 1.807) is 10.7 Å². The molecule has 0 atom stereocenters. The predicted octanol–water partition coefficient (Wildman–Crippen LogP) is 5.58. The Morgan fingerprint density at radius 3 is 2.55 bits per heavy atom. The fourth-order valence-electron chi connectivity index (χ4n) is 3.41. The summed E-state index contributed by atoms with van der Waals surface area (Å²) in [6.07, 6.45) is 4.09. The van der Waals surface area contributed by atoms with Gasteiger partial charge in [-0.05, 0) is 49.7 Å². The van der Waals surface area contributed by atoms with Gasteiger partial charge in [0, 0.05) is 17.8 Å². The number of anilines is 3. The number of benzene rings is 2. The molecule has 0 bridgehead atoms. The summed E-state index contributed by atoms with van der Waals surface area (Å²) >= 11 is 0. The van der Waals surface area contributed by atoms with Gasteiger partial charge >= 0.3 is 6.03 Å². The molecule has 0 unspecified atom stereocenters. The van der Waals surface area contributed by atoms with Crippen molar-refractivity contribution in [2.75, 3.05) is 17.2 Å². The Morgan fingerprint density at radius 2 is 1.85 bits per heavy atom. The van der Waals surface area contributed by atoms with Gasteiger partial charge in [-0.3, -0.25) is 0 Å². The topological polar surface area (TPSA) is 103 Å². The van der Waals surface area contributed by atoms with E-state index in [1.807, 2.05) is 68.4 Å². The summed E-state index contributed by atoms with van der Waals surface area (Å²) in [7, 11) is 0. The Bertz CT molecular complexity index is 1310. The van der Waals surface area contributed by atoms with Crippen molar-refractivity contribution in [2.24, 2.45) is 0 Å². The number of nitriles is 1. The van der Waals surface area contributed by atoms with Crippen molar-refractivity contribution in [3.8, 4) is 17.6 Å². The van der Waals surface area contributed by atoms with Crippen LogP contribution in [0.4, 0.5) is 21.9 Å². The van der Waals surface area contributed by atoms with Crippen molar-refractivity contribution in [1.29, 1.82) is 5.26 Å². The molecule has 0 aliphatic carbocycles. The van der Waals surface area contributed by atoms with Crippen LogP contribution in [-0.2, 0) is 0 Å². The van der Waals surface area contributed by atoms with Crippen molar-refractivity contribution >= 4 is 28.6 Å². The van der Waals surface area contributed by atoms with Crippen LogP contribution in [0.15, 0.2) is 67.0 Å². The lowest BCUT2D eigenvalue weighted by atomic mass is 10.1. The third-order valence-electron chi connectivity index (χ3n) is 5.06. The number of urea groups is 1. The first kappa shape index (κ1) is 21.7. The van der Waals surface area contributed by atoms with Crippen LogP contribution < -0.4 is 20.7 Å². The van der Waals surface area contributed by atoms with Gasteiger partial charge in [0.15, 0.2) is 0 Å². The van der Waals surface area contributed by atoms with Crippen LogP contribution in [0.25, 0.3) is 5.52 Å². The highest BCUT2D eigenvalue weighted by atomic mass is 16.5. The number of nitrogens with zero attached hydrogens (tertiary/aromatic N) is 3. The minimum atomic E-state index is -0.278. The van der Waals surface area contributed by atoms with Gasteiger partial charge in [0.2, 0.25) is 0 Å². The molecule has 0 aliphatic rings. The Kier molecular flexibility index (Phi) is 6.41. The molecule has 0 fully saturated rings. The molecule has 0 radical (unpaired) electrons. The molecule has 8 heteroatoms. The third-order valence-corrected chi connectivity index (χ3v) is 5.06. The maximum atomic E-state index is 12.1. The van der Waals surface area contributed by atoms with E-state index in [4.69, 9.17) is 4.74 Å². The summed E-state index contributed by atoms with van der Waals surface area (Å²) < 4.78 is 7.50. The number of ether oxygens (including phenoxy) is 1. The Labute approximate surface area is 191 Å². The molecule has 0 saturated heterocycles. The van der Waals surface area contributed by atoms with E-state index in [0.29, 0.717) is 34.7 Å². The fraction of sp³-hybridized carbons (Fsp3) is 0.160. The second kappa shape index (κ2) is 9.75. The second-order valence-electron chi connectivity index (χ2n) is 7.45. The zero-order valence-corrected chi connectivity index (χ0v) is 18.4. The number of aromatic nitrogens is 2. The smallest absolute Gasteiger partial charge is 0.319 e. The number of amides is 2. The molecule has 2 amide bonds. The lowest BCUT2D eigenvalue weighted by Gasteiger charge is -2.12. The van der Waals surface area contributed by atoms with Gasteiger partial charge in [-0.25, -0.2) is 9.31 Å². The van der Waals surface area contributed by atoms with Gasteiger partial charge < -0.3 is 20.7 Å². The number of aryl methyl sites for hydroxylation is 1. The highest BCUT2D eigenvalue weighted by Crippen LogP contribution is 2.33. The molecule has 2 aromatic carbocycles. The number of carbonyl (C=O) groups excluding carboxylic acids is 1. The van der Waals surface area contributed by atoms with Crippen molar-refractivity contribution in [3.63, 3.8) is 0 Å². The fourth-order valence-corrected chi connectivity index (χ4v) is 3.41. The van der Waals surface area contributed by atoms with E-state index in [1.165, 1.54) is 6.20 Å². The number of para-hydroxylation sites is 1. The van der Waals surface area contributed by atoms with Gasteiger partial charge in [-0.15, -0.1) is 0 Å². The van der Waals surface area contributed by atoms with Crippen molar-refractivity contribution in [3.05, 3.63) is 78.1 Å². The van der Waals surface area contributed by atoms with E-state index in [9.17, 15) is 10.1 Å². The van der Waals surface area contributed by atoms with Crippen LogP contribution in [-0.4, -0.2) is 22.2 Å². The standard InChI is InChI=1S/C25H24N6O2/c1-3-13-27-25(32)30-22-16-31-24(17(22)2)23(18(14-26)15-28-31)29-19-9-11-21(12-10-19)33-20-7-5-4-6-8-20/h4-12,15-16,29H,3,13H2,1-2H3,(H2,27,30,32). The van der Waals surface area contributed by atoms with E-state index >= 15 is 0 Å². The minimum Gasteiger partial charge on any atom is -0.457 e. The Balaban J connectivity index is 1.61. The number of nitrogens with one attached hydrogen (secondary N) is 3. The quantitative estimate of drug-likeness (QED) is 0.348. The van der Waals surface area contributed by atoms with Crippen LogP contribution in [0.2, 0.25) is 0 Å². The largest absolute Gasteiger partial charge is 0.457 e. The molecule has 3 N–H and O–H groups in total. The van der Waals surface area contributed by atoms with Crippen LogP contribution in [0.1, 0.15) is 24.5 Å². The first-order chi connectivity index (χ1) is 16.1. The first-order valence-electron chi connectivity index (χ1n) is 10.6. The van der Waals surface area contributed by atoms with E-state index in [-0.39, 0.29) is 6.03 Å². The van der Waals surface area contributed by atoms with Gasteiger partial charge in [-0.2, -0.15) is 10.4 Å².